The normalized spacial score (nSPS) is 30.6. The van der Waals surface area contributed by atoms with Crippen LogP contribution in [0.1, 0.15) is 25.7 Å². The summed E-state index contributed by atoms with van der Waals surface area (Å²) in [5.41, 5.74) is 0. The fraction of sp³-hybridized carbons (Fsp3) is 0.600. The van der Waals surface area contributed by atoms with Gasteiger partial charge in [0, 0.05) is 18.0 Å². The van der Waals surface area contributed by atoms with Gasteiger partial charge < -0.3 is 9.64 Å². The summed E-state index contributed by atoms with van der Waals surface area (Å²) in [5, 5.41) is 1.08. The summed E-state index contributed by atoms with van der Waals surface area (Å²) >= 11 is 12.2. The number of rotatable bonds is 3. The van der Waals surface area contributed by atoms with E-state index in [0.29, 0.717) is 27.8 Å². The standard InChI is InChI=1S/C15H19Cl2NO/c1-18-11-6-5-10(13(18)8-7-11)9-19-14-4-2-3-12(16)15(14)17/h2-4,10-11,13H,5-9H2,1H3/t10-,11?,13?/m1/s1. The van der Waals surface area contributed by atoms with Crippen LogP contribution in [0.15, 0.2) is 18.2 Å². The highest BCUT2D eigenvalue weighted by molar-refractivity contribution is 6.42. The van der Waals surface area contributed by atoms with E-state index in [0.717, 1.165) is 12.6 Å². The van der Waals surface area contributed by atoms with Crippen molar-refractivity contribution in [1.82, 2.24) is 4.90 Å². The number of piperidine rings is 1. The molecule has 0 radical (unpaired) electrons. The topological polar surface area (TPSA) is 12.5 Å². The number of benzene rings is 1. The van der Waals surface area contributed by atoms with Gasteiger partial charge in [0.2, 0.25) is 0 Å². The van der Waals surface area contributed by atoms with E-state index in [1.54, 1.807) is 6.07 Å². The van der Waals surface area contributed by atoms with Gasteiger partial charge in [0.1, 0.15) is 10.8 Å². The van der Waals surface area contributed by atoms with E-state index in [-0.39, 0.29) is 0 Å². The minimum Gasteiger partial charge on any atom is -0.492 e. The maximum absolute atomic E-state index is 6.15. The lowest BCUT2D eigenvalue weighted by Gasteiger charge is -2.37. The molecule has 1 aromatic rings. The SMILES string of the molecule is CN1C2CCC1[C@@H](COc1cccc(Cl)c1Cl)CC2. The predicted molar refractivity (Wildman–Crippen MR) is 79.3 cm³/mol. The van der Waals surface area contributed by atoms with Gasteiger partial charge in [0.15, 0.2) is 0 Å². The molecule has 0 amide bonds. The van der Waals surface area contributed by atoms with Gasteiger partial charge in [-0.05, 0) is 44.9 Å². The monoisotopic (exact) mass is 299 g/mol. The molecular weight excluding hydrogens is 281 g/mol. The van der Waals surface area contributed by atoms with Crippen molar-refractivity contribution in [3.63, 3.8) is 0 Å². The molecule has 3 atom stereocenters. The van der Waals surface area contributed by atoms with Crippen molar-refractivity contribution >= 4 is 23.2 Å². The Bertz CT molecular complexity index is 465. The van der Waals surface area contributed by atoms with Crippen molar-refractivity contribution < 1.29 is 4.74 Å². The molecule has 1 aromatic carbocycles. The van der Waals surface area contributed by atoms with E-state index in [9.17, 15) is 0 Å². The van der Waals surface area contributed by atoms with Gasteiger partial charge in [-0.1, -0.05) is 29.3 Å². The number of fused-ring (bicyclic) bond motifs is 2. The second-order valence-corrected chi connectivity index (χ2v) is 6.45. The Hall–Kier alpha value is -0.440. The summed E-state index contributed by atoms with van der Waals surface area (Å²) in [6.45, 7) is 0.738. The van der Waals surface area contributed by atoms with E-state index in [4.69, 9.17) is 27.9 Å². The van der Waals surface area contributed by atoms with Gasteiger partial charge in [-0.3, -0.25) is 0 Å². The van der Waals surface area contributed by atoms with E-state index < -0.39 is 0 Å². The molecule has 0 spiro atoms. The summed E-state index contributed by atoms with van der Waals surface area (Å²) < 4.78 is 5.91. The van der Waals surface area contributed by atoms with Crippen LogP contribution in [0.2, 0.25) is 10.0 Å². The van der Waals surface area contributed by atoms with E-state index in [2.05, 4.69) is 11.9 Å². The third-order valence-corrected chi connectivity index (χ3v) is 5.48. The molecule has 2 bridgehead atoms. The minimum absolute atomic E-state index is 0.526. The summed E-state index contributed by atoms with van der Waals surface area (Å²) in [5.74, 6) is 1.32. The molecule has 2 aliphatic rings. The second-order valence-electron chi connectivity index (χ2n) is 5.66. The van der Waals surface area contributed by atoms with Gasteiger partial charge in [-0.25, -0.2) is 0 Å². The molecule has 2 fully saturated rings. The fourth-order valence-corrected chi connectivity index (χ4v) is 3.89. The Morgan fingerprint density at radius 3 is 2.84 bits per heavy atom. The van der Waals surface area contributed by atoms with Gasteiger partial charge in [0.25, 0.3) is 0 Å². The number of nitrogens with zero attached hydrogens (tertiary/aromatic N) is 1. The molecule has 0 N–H and O–H groups in total. The molecule has 2 nitrogen and oxygen atoms in total. The van der Waals surface area contributed by atoms with E-state index in [1.165, 1.54) is 25.7 Å². The van der Waals surface area contributed by atoms with E-state index in [1.807, 2.05) is 12.1 Å². The first-order valence-electron chi connectivity index (χ1n) is 6.95. The Morgan fingerprint density at radius 2 is 2.00 bits per heavy atom. The van der Waals surface area contributed by atoms with Crippen LogP contribution in [-0.2, 0) is 0 Å². The van der Waals surface area contributed by atoms with Crippen molar-refractivity contribution in [3.05, 3.63) is 28.2 Å². The number of hydrogen-bond acceptors (Lipinski definition) is 2. The van der Waals surface area contributed by atoms with Crippen LogP contribution in [0.25, 0.3) is 0 Å². The molecule has 3 rings (SSSR count). The van der Waals surface area contributed by atoms with Gasteiger partial charge >= 0.3 is 0 Å². The molecule has 4 heteroatoms. The van der Waals surface area contributed by atoms with Crippen molar-refractivity contribution in [3.8, 4) is 5.75 Å². The summed E-state index contributed by atoms with van der Waals surface area (Å²) in [6.07, 6.45) is 5.20. The number of hydrogen-bond donors (Lipinski definition) is 0. The lowest BCUT2D eigenvalue weighted by atomic mass is 9.91. The average Bonchev–Trinajstić information content (AvgIpc) is 2.64. The van der Waals surface area contributed by atoms with Crippen LogP contribution in [0.5, 0.6) is 5.75 Å². The third-order valence-electron chi connectivity index (χ3n) is 4.68. The zero-order valence-corrected chi connectivity index (χ0v) is 12.6. The molecule has 2 aliphatic heterocycles. The quantitative estimate of drug-likeness (QED) is 0.827. The molecule has 2 heterocycles. The van der Waals surface area contributed by atoms with Crippen LogP contribution in [0, 0.1) is 5.92 Å². The zero-order valence-electron chi connectivity index (χ0n) is 11.1. The molecular formula is C15H19Cl2NO. The first-order chi connectivity index (χ1) is 9.16. The molecule has 0 aromatic heterocycles. The lowest BCUT2D eigenvalue weighted by molar-refractivity contribution is 0.0853. The van der Waals surface area contributed by atoms with Crippen LogP contribution >= 0.6 is 23.2 Å². The maximum Gasteiger partial charge on any atom is 0.139 e. The second kappa shape index (κ2) is 5.51. The van der Waals surface area contributed by atoms with Gasteiger partial charge in [0.05, 0.1) is 11.6 Å². The van der Waals surface area contributed by atoms with Crippen molar-refractivity contribution in [2.24, 2.45) is 5.92 Å². The first-order valence-corrected chi connectivity index (χ1v) is 7.71. The van der Waals surface area contributed by atoms with Crippen molar-refractivity contribution in [2.45, 2.75) is 37.8 Å². The molecule has 2 unspecified atom stereocenters. The Morgan fingerprint density at radius 1 is 1.21 bits per heavy atom. The smallest absolute Gasteiger partial charge is 0.139 e. The first kappa shape index (κ1) is 13.5. The van der Waals surface area contributed by atoms with Gasteiger partial charge in [-0.2, -0.15) is 0 Å². The molecule has 0 aliphatic carbocycles. The van der Waals surface area contributed by atoms with Gasteiger partial charge in [-0.15, -0.1) is 0 Å². The number of ether oxygens (including phenoxy) is 1. The van der Waals surface area contributed by atoms with Crippen molar-refractivity contribution in [2.75, 3.05) is 13.7 Å². The highest BCUT2D eigenvalue weighted by Gasteiger charge is 2.40. The zero-order chi connectivity index (χ0) is 13.4. The highest BCUT2D eigenvalue weighted by atomic mass is 35.5. The van der Waals surface area contributed by atoms with E-state index >= 15 is 0 Å². The molecule has 19 heavy (non-hydrogen) atoms. The predicted octanol–water partition coefficient (Wildman–Crippen LogP) is 4.25. The average molecular weight is 300 g/mol. The third kappa shape index (κ3) is 2.58. The van der Waals surface area contributed by atoms with Crippen LogP contribution in [-0.4, -0.2) is 30.6 Å². The Labute approximate surface area is 124 Å². The lowest BCUT2D eigenvalue weighted by Crippen LogP contribution is -2.43. The highest BCUT2D eigenvalue weighted by Crippen LogP contribution is 2.39. The van der Waals surface area contributed by atoms with Crippen LogP contribution < -0.4 is 4.74 Å². The fourth-order valence-electron chi connectivity index (χ4n) is 3.54. The van der Waals surface area contributed by atoms with Crippen molar-refractivity contribution in [1.29, 1.82) is 0 Å². The minimum atomic E-state index is 0.526. The summed E-state index contributed by atoms with van der Waals surface area (Å²) in [6, 6.07) is 7.03. The summed E-state index contributed by atoms with van der Waals surface area (Å²) in [4.78, 5) is 2.54. The Balaban J connectivity index is 1.65. The van der Waals surface area contributed by atoms with Crippen LogP contribution in [0.3, 0.4) is 0 Å². The maximum atomic E-state index is 6.15. The molecule has 0 saturated carbocycles. The molecule has 2 saturated heterocycles. The summed E-state index contributed by atoms with van der Waals surface area (Å²) in [7, 11) is 2.25. The number of halogens is 2. The van der Waals surface area contributed by atoms with Crippen LogP contribution in [0.4, 0.5) is 0 Å². The molecule has 104 valence electrons. The largest absolute Gasteiger partial charge is 0.492 e. The Kier molecular flexibility index (Phi) is 3.93.